The summed E-state index contributed by atoms with van der Waals surface area (Å²) in [7, 11) is 1.65. The molecule has 0 unspecified atom stereocenters. The van der Waals surface area contributed by atoms with Gasteiger partial charge in [-0.15, -0.1) is 0 Å². The number of methoxy groups -OCH3 is 1. The van der Waals surface area contributed by atoms with Crippen molar-refractivity contribution in [2.24, 2.45) is 5.10 Å². The van der Waals surface area contributed by atoms with E-state index in [-0.39, 0.29) is 11.9 Å². The Morgan fingerprint density at radius 1 is 1.00 bits per heavy atom. The van der Waals surface area contributed by atoms with E-state index in [1.54, 1.807) is 12.1 Å². The first-order valence-electron chi connectivity index (χ1n) is 9.02. The molecule has 3 aromatic carbocycles. The molecule has 0 saturated heterocycles. The molecule has 0 bridgehead atoms. The number of hydrazone groups is 1. The fourth-order valence-electron chi connectivity index (χ4n) is 3.40. The lowest BCUT2D eigenvalue weighted by atomic mass is 9.97. The highest BCUT2D eigenvalue weighted by molar-refractivity contribution is 9.10. The van der Waals surface area contributed by atoms with Crippen LogP contribution in [0, 0.1) is 0 Å². The second kappa shape index (κ2) is 7.98. The van der Waals surface area contributed by atoms with Gasteiger partial charge in [-0.3, -0.25) is 4.79 Å². The molecule has 1 heterocycles. The number of carbonyl (C=O) groups is 1. The Morgan fingerprint density at radius 2 is 1.68 bits per heavy atom. The van der Waals surface area contributed by atoms with Gasteiger partial charge in [-0.2, -0.15) is 5.10 Å². The number of hydrogen-bond donors (Lipinski definition) is 0. The highest BCUT2D eigenvalue weighted by Gasteiger charge is 2.34. The number of carbonyl (C=O) groups excluding carboxylic acids is 1. The number of hydrogen-bond acceptors (Lipinski definition) is 3. The van der Waals surface area contributed by atoms with Crippen LogP contribution in [0.3, 0.4) is 0 Å². The minimum Gasteiger partial charge on any atom is -0.496 e. The molecule has 28 heavy (non-hydrogen) atoms. The van der Waals surface area contributed by atoms with Crippen LogP contribution < -0.4 is 4.74 Å². The molecule has 5 heteroatoms. The van der Waals surface area contributed by atoms with Crippen molar-refractivity contribution in [3.05, 3.63) is 100 Å². The zero-order valence-corrected chi connectivity index (χ0v) is 17.0. The summed E-state index contributed by atoms with van der Waals surface area (Å²) in [4.78, 5) is 13.2. The molecular formula is C23H19BrN2O2. The molecule has 1 amide bonds. The highest BCUT2D eigenvalue weighted by Crippen LogP contribution is 2.36. The lowest BCUT2D eigenvalue weighted by Crippen LogP contribution is -2.27. The quantitative estimate of drug-likeness (QED) is 0.547. The molecule has 0 fully saturated rings. The van der Waals surface area contributed by atoms with Crippen LogP contribution in [0.2, 0.25) is 0 Å². The van der Waals surface area contributed by atoms with E-state index in [9.17, 15) is 4.79 Å². The molecule has 0 radical (unpaired) electrons. The molecule has 4 nitrogen and oxygen atoms in total. The van der Waals surface area contributed by atoms with Crippen molar-refractivity contribution in [1.82, 2.24) is 5.01 Å². The van der Waals surface area contributed by atoms with E-state index in [4.69, 9.17) is 9.84 Å². The molecule has 4 rings (SSSR count). The normalized spacial score (nSPS) is 16.0. The van der Waals surface area contributed by atoms with Crippen LogP contribution in [-0.2, 0) is 0 Å². The average molecular weight is 435 g/mol. The Kier molecular flexibility index (Phi) is 5.26. The Morgan fingerprint density at radius 3 is 2.39 bits per heavy atom. The number of rotatable bonds is 4. The van der Waals surface area contributed by atoms with Crippen molar-refractivity contribution in [2.45, 2.75) is 12.5 Å². The SMILES string of the molecule is COc1ccccc1C1=NN(C(=O)c2ccccc2)[C@@H](c2ccc(Br)cc2)C1. The predicted octanol–water partition coefficient (Wildman–Crippen LogP) is 5.45. The predicted molar refractivity (Wildman–Crippen MR) is 114 cm³/mol. The van der Waals surface area contributed by atoms with Crippen LogP contribution in [-0.4, -0.2) is 23.7 Å². The Labute approximate surface area is 172 Å². The summed E-state index contributed by atoms with van der Waals surface area (Å²) in [6, 6.07) is 24.9. The molecule has 140 valence electrons. The molecule has 1 atom stereocenters. The second-order valence-corrected chi connectivity index (χ2v) is 7.45. The molecule has 3 aromatic rings. The maximum Gasteiger partial charge on any atom is 0.274 e. The Bertz CT molecular complexity index is 1020. The van der Waals surface area contributed by atoms with Crippen molar-refractivity contribution in [3.8, 4) is 5.75 Å². The van der Waals surface area contributed by atoms with Gasteiger partial charge in [0.1, 0.15) is 5.75 Å². The summed E-state index contributed by atoms with van der Waals surface area (Å²) < 4.78 is 6.51. The maximum atomic E-state index is 13.2. The number of halogens is 1. The van der Waals surface area contributed by atoms with Crippen LogP contribution in [0.4, 0.5) is 0 Å². The third kappa shape index (κ3) is 3.58. The molecule has 0 aliphatic carbocycles. The second-order valence-electron chi connectivity index (χ2n) is 6.53. The van der Waals surface area contributed by atoms with Crippen LogP contribution in [0.25, 0.3) is 0 Å². The van der Waals surface area contributed by atoms with Gasteiger partial charge in [0, 0.05) is 22.0 Å². The molecule has 0 spiro atoms. The van der Waals surface area contributed by atoms with Crippen molar-refractivity contribution in [2.75, 3.05) is 7.11 Å². The van der Waals surface area contributed by atoms with Crippen LogP contribution in [0.1, 0.15) is 33.9 Å². The standard InChI is InChI=1S/C23H19BrN2O2/c1-28-22-10-6-5-9-19(22)20-15-21(16-11-13-18(24)14-12-16)26(25-20)23(27)17-7-3-2-4-8-17/h2-14,21H,15H2,1H3/t21-/m1/s1. The number of amides is 1. The smallest absolute Gasteiger partial charge is 0.274 e. The minimum atomic E-state index is -0.166. The number of nitrogens with zero attached hydrogens (tertiary/aromatic N) is 2. The average Bonchev–Trinajstić information content (AvgIpc) is 3.19. The number of benzene rings is 3. The largest absolute Gasteiger partial charge is 0.496 e. The topological polar surface area (TPSA) is 41.9 Å². The van der Waals surface area contributed by atoms with Crippen molar-refractivity contribution >= 4 is 27.5 Å². The fraction of sp³-hybridized carbons (Fsp3) is 0.130. The first kappa shape index (κ1) is 18.4. The zero-order valence-electron chi connectivity index (χ0n) is 15.4. The van der Waals surface area contributed by atoms with Crippen LogP contribution in [0.5, 0.6) is 5.75 Å². The van der Waals surface area contributed by atoms with E-state index in [1.807, 2.05) is 78.9 Å². The highest BCUT2D eigenvalue weighted by atomic mass is 79.9. The van der Waals surface area contributed by atoms with Gasteiger partial charge in [0.15, 0.2) is 0 Å². The summed E-state index contributed by atoms with van der Waals surface area (Å²) in [5, 5.41) is 6.33. The molecule has 0 aromatic heterocycles. The van der Waals surface area contributed by atoms with Gasteiger partial charge in [-0.1, -0.05) is 58.4 Å². The van der Waals surface area contributed by atoms with E-state index in [0.29, 0.717) is 12.0 Å². The first-order valence-corrected chi connectivity index (χ1v) is 9.81. The lowest BCUT2D eigenvalue weighted by molar-refractivity contribution is 0.0711. The van der Waals surface area contributed by atoms with Crippen LogP contribution in [0.15, 0.2) is 88.4 Å². The summed E-state index contributed by atoms with van der Waals surface area (Å²) in [5.74, 6) is 0.642. The van der Waals surface area contributed by atoms with Crippen molar-refractivity contribution < 1.29 is 9.53 Å². The molecule has 1 aliphatic heterocycles. The third-order valence-corrected chi connectivity index (χ3v) is 5.34. The maximum absolute atomic E-state index is 13.2. The lowest BCUT2D eigenvalue weighted by Gasteiger charge is -2.22. The monoisotopic (exact) mass is 434 g/mol. The van der Waals surface area contributed by atoms with E-state index in [2.05, 4.69) is 15.9 Å². The summed E-state index contributed by atoms with van der Waals surface area (Å²) in [5.41, 5.74) is 3.42. The fourth-order valence-corrected chi connectivity index (χ4v) is 3.67. The van der Waals surface area contributed by atoms with E-state index >= 15 is 0 Å². The van der Waals surface area contributed by atoms with Gasteiger partial charge >= 0.3 is 0 Å². The van der Waals surface area contributed by atoms with Gasteiger partial charge in [0.2, 0.25) is 0 Å². The van der Waals surface area contributed by atoms with E-state index < -0.39 is 0 Å². The molecule has 0 N–H and O–H groups in total. The minimum absolute atomic E-state index is 0.113. The first-order chi connectivity index (χ1) is 13.7. The van der Waals surface area contributed by atoms with Gasteiger partial charge in [0.25, 0.3) is 5.91 Å². The Balaban J connectivity index is 1.76. The summed E-state index contributed by atoms with van der Waals surface area (Å²) >= 11 is 3.48. The number of para-hydroxylation sites is 1. The van der Waals surface area contributed by atoms with Gasteiger partial charge in [-0.25, -0.2) is 5.01 Å². The third-order valence-electron chi connectivity index (χ3n) is 4.81. The molecular weight excluding hydrogens is 416 g/mol. The summed E-state index contributed by atoms with van der Waals surface area (Å²) in [6.07, 6.45) is 0.626. The van der Waals surface area contributed by atoms with E-state index in [1.165, 1.54) is 0 Å². The van der Waals surface area contributed by atoms with Gasteiger partial charge in [0.05, 0.1) is 18.9 Å². The van der Waals surface area contributed by atoms with Gasteiger partial charge < -0.3 is 4.74 Å². The van der Waals surface area contributed by atoms with Gasteiger partial charge in [-0.05, 0) is 42.0 Å². The van der Waals surface area contributed by atoms with Crippen molar-refractivity contribution in [3.63, 3.8) is 0 Å². The molecule has 1 aliphatic rings. The summed E-state index contributed by atoms with van der Waals surface area (Å²) in [6.45, 7) is 0. The van der Waals surface area contributed by atoms with E-state index in [0.717, 1.165) is 27.1 Å². The zero-order chi connectivity index (χ0) is 19.5. The Hall–Kier alpha value is -2.92. The molecule has 0 saturated carbocycles. The van der Waals surface area contributed by atoms with Crippen LogP contribution >= 0.6 is 15.9 Å². The van der Waals surface area contributed by atoms with Crippen molar-refractivity contribution in [1.29, 1.82) is 0 Å². The number of ether oxygens (including phenoxy) is 1.